The molecule has 6 heteroatoms. The van der Waals surface area contributed by atoms with Gasteiger partial charge >= 0.3 is 0 Å². The lowest BCUT2D eigenvalue weighted by atomic mass is 9.93. The average Bonchev–Trinajstić information content (AvgIpc) is 3.52. The molecular formula is C25H28ClFN4. The molecule has 6 atom stereocenters. The number of aromatic nitrogens is 2. The molecule has 3 aliphatic carbocycles. The molecule has 4 nitrogen and oxygen atoms in total. The Kier molecular flexibility index (Phi) is 4.99. The monoisotopic (exact) mass is 438 g/mol. The van der Waals surface area contributed by atoms with Crippen LogP contribution in [0.5, 0.6) is 0 Å². The van der Waals surface area contributed by atoms with Crippen LogP contribution >= 0.6 is 11.6 Å². The Morgan fingerprint density at radius 2 is 1.84 bits per heavy atom. The number of likely N-dealkylation sites (tertiary alicyclic amines) is 1. The van der Waals surface area contributed by atoms with E-state index in [9.17, 15) is 4.39 Å². The highest BCUT2D eigenvalue weighted by Crippen LogP contribution is 2.45. The summed E-state index contributed by atoms with van der Waals surface area (Å²) in [5.41, 5.74) is 1.16. The van der Waals surface area contributed by atoms with Gasteiger partial charge in [0.15, 0.2) is 0 Å². The molecule has 1 aliphatic heterocycles. The molecular weight excluding hydrogens is 411 g/mol. The van der Waals surface area contributed by atoms with Gasteiger partial charge in [-0.05, 0) is 85.6 Å². The molecule has 162 valence electrons. The molecule has 2 heterocycles. The largest absolute Gasteiger partial charge is 0.366 e. The third-order valence-corrected chi connectivity index (χ3v) is 8.29. The molecule has 1 aromatic carbocycles. The van der Waals surface area contributed by atoms with Gasteiger partial charge in [0.2, 0.25) is 0 Å². The predicted molar refractivity (Wildman–Crippen MR) is 121 cm³/mol. The van der Waals surface area contributed by atoms with Crippen LogP contribution < -0.4 is 5.32 Å². The summed E-state index contributed by atoms with van der Waals surface area (Å²) in [7, 11) is 0. The second kappa shape index (κ2) is 7.86. The van der Waals surface area contributed by atoms with Crippen molar-refractivity contribution >= 4 is 17.4 Å². The van der Waals surface area contributed by atoms with Gasteiger partial charge in [-0.1, -0.05) is 23.8 Å². The molecule has 6 rings (SSSR count). The lowest BCUT2D eigenvalue weighted by molar-refractivity contribution is 0.238. The van der Waals surface area contributed by atoms with Crippen molar-refractivity contribution < 1.29 is 4.39 Å². The quantitative estimate of drug-likeness (QED) is 0.645. The van der Waals surface area contributed by atoms with Gasteiger partial charge in [-0.15, -0.1) is 10.2 Å². The van der Waals surface area contributed by atoms with Gasteiger partial charge in [0.05, 0.1) is 10.7 Å². The van der Waals surface area contributed by atoms with E-state index in [1.165, 1.54) is 57.5 Å². The molecule has 1 saturated heterocycles. The van der Waals surface area contributed by atoms with Crippen LogP contribution in [0.15, 0.2) is 42.5 Å². The number of benzene rings is 1. The number of anilines is 1. The van der Waals surface area contributed by atoms with Crippen LogP contribution in [-0.4, -0.2) is 40.8 Å². The van der Waals surface area contributed by atoms with Gasteiger partial charge < -0.3 is 10.2 Å². The first kappa shape index (κ1) is 19.7. The fraction of sp³-hybridized carbons (Fsp3) is 0.520. The molecule has 3 fully saturated rings. The van der Waals surface area contributed by atoms with Crippen molar-refractivity contribution in [3.63, 3.8) is 0 Å². The Bertz CT molecular complexity index is 980. The minimum absolute atomic E-state index is 0.327. The fourth-order valence-corrected chi connectivity index (χ4v) is 6.77. The first-order valence-electron chi connectivity index (χ1n) is 11.6. The van der Waals surface area contributed by atoms with E-state index in [2.05, 4.69) is 32.6 Å². The Balaban J connectivity index is 1.03. The number of nitrogens with zero attached hydrogens (tertiary/aromatic N) is 3. The predicted octanol–water partition coefficient (Wildman–Crippen LogP) is 5.27. The Hall–Kier alpha value is -1.98. The van der Waals surface area contributed by atoms with Crippen LogP contribution in [-0.2, 0) is 0 Å². The standard InChI is InChI=1S/C25H28ClFN4/c26-23-4-3-20(27)11-22(23)24-5-6-25(30-29-24)28-21-9-18-13-31(14-19(18)10-21)12-17-8-15-1-2-16(17)7-15/h1-6,11,15-19,21H,7-10,12-14H2,(H,28,30)/t15?,16?,17?,18-,19+,21+. The van der Waals surface area contributed by atoms with Crippen LogP contribution in [0.2, 0.25) is 5.02 Å². The zero-order valence-electron chi connectivity index (χ0n) is 17.6. The van der Waals surface area contributed by atoms with Crippen molar-refractivity contribution in [2.24, 2.45) is 29.6 Å². The molecule has 2 aromatic rings. The van der Waals surface area contributed by atoms with Crippen LogP contribution in [0, 0.1) is 35.4 Å². The fourth-order valence-electron chi connectivity index (χ4n) is 6.56. The lowest BCUT2D eigenvalue weighted by Crippen LogP contribution is -2.31. The van der Waals surface area contributed by atoms with Gasteiger partial charge in [0.25, 0.3) is 0 Å². The van der Waals surface area contributed by atoms with Gasteiger partial charge in [0.1, 0.15) is 11.6 Å². The Morgan fingerprint density at radius 3 is 2.52 bits per heavy atom. The number of hydrogen-bond donors (Lipinski definition) is 1. The number of hydrogen-bond acceptors (Lipinski definition) is 4. The molecule has 0 spiro atoms. The number of rotatable bonds is 5. The molecule has 0 radical (unpaired) electrons. The Labute approximate surface area is 187 Å². The molecule has 3 unspecified atom stereocenters. The highest BCUT2D eigenvalue weighted by atomic mass is 35.5. The molecule has 2 bridgehead atoms. The number of fused-ring (bicyclic) bond motifs is 3. The van der Waals surface area contributed by atoms with Crippen molar-refractivity contribution in [3.05, 3.63) is 53.3 Å². The molecule has 1 N–H and O–H groups in total. The summed E-state index contributed by atoms with van der Waals surface area (Å²) in [6, 6.07) is 8.54. The molecule has 4 aliphatic rings. The zero-order valence-corrected chi connectivity index (χ0v) is 18.3. The highest BCUT2D eigenvalue weighted by molar-refractivity contribution is 6.33. The summed E-state index contributed by atoms with van der Waals surface area (Å²) in [4.78, 5) is 2.74. The topological polar surface area (TPSA) is 41.0 Å². The first-order chi connectivity index (χ1) is 15.1. The van der Waals surface area contributed by atoms with Crippen molar-refractivity contribution in [3.8, 4) is 11.3 Å². The van der Waals surface area contributed by atoms with Gasteiger partial charge in [-0.2, -0.15) is 0 Å². The maximum Gasteiger partial charge on any atom is 0.148 e. The van der Waals surface area contributed by atoms with Crippen molar-refractivity contribution in [2.75, 3.05) is 25.0 Å². The van der Waals surface area contributed by atoms with Gasteiger partial charge in [0, 0.05) is 31.2 Å². The smallest absolute Gasteiger partial charge is 0.148 e. The van der Waals surface area contributed by atoms with E-state index in [1.807, 2.05) is 12.1 Å². The van der Waals surface area contributed by atoms with Gasteiger partial charge in [-0.25, -0.2) is 4.39 Å². The average molecular weight is 439 g/mol. The van der Waals surface area contributed by atoms with E-state index in [0.29, 0.717) is 22.3 Å². The first-order valence-corrected chi connectivity index (χ1v) is 11.9. The van der Waals surface area contributed by atoms with Crippen LogP contribution in [0.25, 0.3) is 11.3 Å². The van der Waals surface area contributed by atoms with Crippen molar-refractivity contribution in [1.82, 2.24) is 15.1 Å². The van der Waals surface area contributed by atoms with Crippen LogP contribution in [0.4, 0.5) is 10.2 Å². The maximum absolute atomic E-state index is 13.5. The minimum Gasteiger partial charge on any atom is -0.366 e. The number of nitrogens with one attached hydrogen (secondary N) is 1. The van der Waals surface area contributed by atoms with Gasteiger partial charge in [-0.3, -0.25) is 0 Å². The second-order valence-electron chi connectivity index (χ2n) is 10.0. The van der Waals surface area contributed by atoms with Crippen LogP contribution in [0.1, 0.15) is 25.7 Å². The summed E-state index contributed by atoms with van der Waals surface area (Å²) < 4.78 is 13.5. The lowest BCUT2D eigenvalue weighted by Gasteiger charge is -2.26. The van der Waals surface area contributed by atoms with E-state index in [4.69, 9.17) is 11.6 Å². The number of allylic oxidation sites excluding steroid dienone is 2. The third kappa shape index (κ3) is 3.87. The summed E-state index contributed by atoms with van der Waals surface area (Å²) in [5, 5.41) is 12.7. The molecule has 0 amide bonds. The van der Waals surface area contributed by atoms with E-state index >= 15 is 0 Å². The highest BCUT2D eigenvalue weighted by Gasteiger charge is 2.43. The van der Waals surface area contributed by atoms with E-state index in [-0.39, 0.29) is 5.82 Å². The number of halogens is 2. The summed E-state index contributed by atoms with van der Waals surface area (Å²) in [6.07, 6.45) is 10.1. The molecule has 2 saturated carbocycles. The third-order valence-electron chi connectivity index (χ3n) is 7.96. The van der Waals surface area contributed by atoms with Crippen LogP contribution in [0.3, 0.4) is 0 Å². The second-order valence-corrected chi connectivity index (χ2v) is 10.4. The van der Waals surface area contributed by atoms with Crippen molar-refractivity contribution in [2.45, 2.75) is 31.7 Å². The summed E-state index contributed by atoms with van der Waals surface area (Å²) >= 11 is 6.19. The summed E-state index contributed by atoms with van der Waals surface area (Å²) in [6.45, 7) is 3.80. The zero-order chi connectivity index (χ0) is 20.9. The molecule has 1 aromatic heterocycles. The van der Waals surface area contributed by atoms with E-state index in [1.54, 1.807) is 6.07 Å². The normalized spacial score (nSPS) is 33.9. The maximum atomic E-state index is 13.5. The van der Waals surface area contributed by atoms with E-state index in [0.717, 1.165) is 35.4 Å². The Morgan fingerprint density at radius 1 is 1.00 bits per heavy atom. The summed E-state index contributed by atoms with van der Waals surface area (Å²) in [5.74, 6) is 4.66. The molecule has 31 heavy (non-hydrogen) atoms. The van der Waals surface area contributed by atoms with E-state index < -0.39 is 0 Å². The SMILES string of the molecule is Fc1ccc(Cl)c(-c2ccc(N[C@H]3C[C@@H]4CN(CC5CC6C=CC5C6)C[C@@H]4C3)nn2)c1. The van der Waals surface area contributed by atoms with Crippen molar-refractivity contribution in [1.29, 1.82) is 0 Å². The minimum atomic E-state index is -0.327.